The minimum Gasteiger partial charge on any atom is -0.0933 e. The molecule has 142 valence electrons. The molecule has 1 heterocycles. The molecule has 0 saturated carbocycles. The number of hydrogen-bond acceptors (Lipinski definition) is 0. The van der Waals surface area contributed by atoms with Gasteiger partial charge in [-0.1, -0.05) is 78.1 Å². The summed E-state index contributed by atoms with van der Waals surface area (Å²) in [5, 5.41) is 13.1. The summed E-state index contributed by atoms with van der Waals surface area (Å²) in [5.74, 6) is 0. The van der Waals surface area contributed by atoms with Gasteiger partial charge in [-0.15, -0.1) is 0 Å². The first kappa shape index (κ1) is 17.0. The molecule has 31 heavy (non-hydrogen) atoms. The van der Waals surface area contributed by atoms with Gasteiger partial charge in [-0.05, 0) is 95.3 Å². The average molecular weight is 407 g/mol. The molecule has 1 aliphatic heterocycles. The molecule has 0 nitrogen and oxygen atoms in total. The lowest BCUT2D eigenvalue weighted by Crippen LogP contribution is -1.89. The van der Waals surface area contributed by atoms with Crippen LogP contribution in [0.1, 0.15) is 5.56 Å². The number of rotatable bonds is 1. The summed E-state index contributed by atoms with van der Waals surface area (Å²) in [5.41, 5.74) is 7.38. The summed E-state index contributed by atoms with van der Waals surface area (Å²) in [6, 6.07) is 33.8. The van der Waals surface area contributed by atoms with Gasteiger partial charge in [0.2, 0.25) is 0 Å². The van der Waals surface area contributed by atoms with Gasteiger partial charge in [0.1, 0.15) is 9.52 Å². The molecule has 6 aromatic rings. The maximum atomic E-state index is 2.39. The molecule has 0 saturated heterocycles. The molecular formula is C30H18Si. The van der Waals surface area contributed by atoms with Crippen LogP contribution < -0.4 is 0 Å². The minimum atomic E-state index is 0.773. The number of hydrogen-bond donors (Lipinski definition) is 0. The minimum absolute atomic E-state index is 0.773. The first-order valence-corrected chi connectivity index (χ1v) is 11.8. The summed E-state index contributed by atoms with van der Waals surface area (Å²) >= 11 is 0. The van der Waals surface area contributed by atoms with E-state index in [0.29, 0.717) is 0 Å². The highest BCUT2D eigenvalue weighted by molar-refractivity contribution is 6.52. The van der Waals surface area contributed by atoms with Crippen LogP contribution in [0.5, 0.6) is 0 Å². The molecule has 0 aliphatic carbocycles. The number of allylic oxidation sites excluding steroid dienone is 2. The van der Waals surface area contributed by atoms with Crippen LogP contribution in [0.15, 0.2) is 108 Å². The highest BCUT2D eigenvalue weighted by Gasteiger charge is 2.14. The van der Waals surface area contributed by atoms with Gasteiger partial charge in [0.05, 0.1) is 0 Å². The molecule has 0 amide bonds. The van der Waals surface area contributed by atoms with E-state index >= 15 is 0 Å². The Morgan fingerprint density at radius 3 is 1.87 bits per heavy atom. The maximum absolute atomic E-state index is 2.39. The summed E-state index contributed by atoms with van der Waals surface area (Å²) in [6.07, 6.45) is 2.29. The lowest BCUT2D eigenvalue weighted by molar-refractivity contribution is 1.74. The van der Waals surface area contributed by atoms with Gasteiger partial charge in [-0.25, -0.2) is 0 Å². The Kier molecular flexibility index (Phi) is 3.52. The molecule has 0 spiro atoms. The van der Waals surface area contributed by atoms with E-state index in [1.807, 2.05) is 0 Å². The van der Waals surface area contributed by atoms with Crippen molar-refractivity contribution in [2.45, 2.75) is 0 Å². The highest BCUT2D eigenvalue weighted by Crippen LogP contribution is 2.39. The Balaban J connectivity index is 1.65. The van der Waals surface area contributed by atoms with E-state index in [9.17, 15) is 0 Å². The lowest BCUT2D eigenvalue weighted by atomic mass is 9.89. The van der Waals surface area contributed by atoms with Crippen molar-refractivity contribution < 1.29 is 0 Å². The van der Waals surface area contributed by atoms with Crippen molar-refractivity contribution in [3.63, 3.8) is 0 Å². The Morgan fingerprint density at radius 1 is 0.452 bits per heavy atom. The van der Waals surface area contributed by atoms with E-state index in [0.717, 1.165) is 9.52 Å². The van der Waals surface area contributed by atoms with Crippen LogP contribution >= 0.6 is 0 Å². The second kappa shape index (κ2) is 6.41. The Bertz CT molecular complexity index is 1750. The average Bonchev–Trinajstić information content (AvgIpc) is 3.34. The third-order valence-corrected chi connectivity index (χ3v) is 7.41. The second-order valence-corrected chi connectivity index (χ2v) is 9.31. The lowest BCUT2D eigenvalue weighted by Gasteiger charge is -2.14. The summed E-state index contributed by atoms with van der Waals surface area (Å²) in [4.78, 5) is 0. The van der Waals surface area contributed by atoms with E-state index < -0.39 is 0 Å². The first-order valence-electron chi connectivity index (χ1n) is 10.7. The van der Waals surface area contributed by atoms with Crippen LogP contribution in [0, 0.1) is 0 Å². The Hall–Kier alpha value is -3.68. The smallest absolute Gasteiger partial charge is 0.0933 e. The predicted octanol–water partition coefficient (Wildman–Crippen LogP) is 8.03. The van der Waals surface area contributed by atoms with Crippen molar-refractivity contribution in [2.75, 3.05) is 0 Å². The summed E-state index contributed by atoms with van der Waals surface area (Å²) in [6.45, 7) is 0. The van der Waals surface area contributed by atoms with Crippen molar-refractivity contribution >= 4 is 69.0 Å². The van der Waals surface area contributed by atoms with Gasteiger partial charge >= 0.3 is 0 Å². The van der Waals surface area contributed by atoms with Crippen molar-refractivity contribution in [2.24, 2.45) is 0 Å². The van der Waals surface area contributed by atoms with Crippen LogP contribution in [-0.2, 0) is 0 Å². The normalized spacial score (nSPS) is 13.7. The monoisotopic (exact) mass is 406 g/mol. The standard InChI is InChI=1S/C30H18Si/c1-2-6-20-14-25-17-28-22(15-24(25)13-19(20)5-1)9-10-27-29(28)16-21-7-3-4-8-26(21)30(27)23-11-12-31-18-23/h1-18H. The molecule has 7 rings (SSSR count). The van der Waals surface area contributed by atoms with Gasteiger partial charge in [0, 0.05) is 0 Å². The van der Waals surface area contributed by atoms with Gasteiger partial charge in [0.15, 0.2) is 0 Å². The van der Waals surface area contributed by atoms with Gasteiger partial charge in [0.25, 0.3) is 0 Å². The van der Waals surface area contributed by atoms with Gasteiger partial charge in [-0.3, -0.25) is 0 Å². The quantitative estimate of drug-likeness (QED) is 0.147. The van der Waals surface area contributed by atoms with Crippen molar-refractivity contribution in [1.82, 2.24) is 0 Å². The Labute approximate surface area is 182 Å². The van der Waals surface area contributed by atoms with Crippen LogP contribution in [0.2, 0.25) is 0 Å². The molecule has 6 aromatic carbocycles. The summed E-state index contributed by atoms with van der Waals surface area (Å²) in [7, 11) is 0.773. The van der Waals surface area contributed by atoms with Crippen molar-refractivity contribution in [1.29, 1.82) is 0 Å². The van der Waals surface area contributed by atoms with E-state index in [4.69, 9.17) is 0 Å². The fraction of sp³-hybridized carbons (Fsp3) is 0. The van der Waals surface area contributed by atoms with Gasteiger partial charge < -0.3 is 0 Å². The van der Waals surface area contributed by atoms with Crippen molar-refractivity contribution in [3.05, 3.63) is 114 Å². The molecule has 0 bridgehead atoms. The molecule has 0 atom stereocenters. The van der Waals surface area contributed by atoms with Crippen LogP contribution in [-0.4, -0.2) is 9.52 Å². The molecule has 0 fully saturated rings. The van der Waals surface area contributed by atoms with E-state index in [-0.39, 0.29) is 0 Å². The Morgan fingerprint density at radius 2 is 1.10 bits per heavy atom. The SMILES string of the molecule is C1=CC(c2c3ccccc3cc3c2ccc2cc4cc5ccccc5cc4cc23)=C[Si]1. The second-order valence-electron chi connectivity index (χ2n) is 8.35. The predicted molar refractivity (Wildman–Crippen MR) is 137 cm³/mol. The fourth-order valence-corrected chi connectivity index (χ4v) is 5.90. The molecule has 2 radical (unpaired) electrons. The molecular weight excluding hydrogens is 388 g/mol. The zero-order valence-electron chi connectivity index (χ0n) is 16.9. The van der Waals surface area contributed by atoms with E-state index in [1.54, 1.807) is 0 Å². The fourth-order valence-electron chi connectivity index (χ4n) is 5.10. The zero-order valence-corrected chi connectivity index (χ0v) is 17.9. The van der Waals surface area contributed by atoms with E-state index in [2.05, 4.69) is 108 Å². The van der Waals surface area contributed by atoms with Gasteiger partial charge in [-0.2, -0.15) is 0 Å². The van der Waals surface area contributed by atoms with Crippen LogP contribution in [0.3, 0.4) is 0 Å². The van der Waals surface area contributed by atoms with Crippen molar-refractivity contribution in [3.8, 4) is 0 Å². The molecule has 0 aromatic heterocycles. The highest BCUT2D eigenvalue weighted by atomic mass is 28.2. The topological polar surface area (TPSA) is 0 Å². The third kappa shape index (κ3) is 2.54. The van der Waals surface area contributed by atoms with Crippen LogP contribution in [0.25, 0.3) is 59.4 Å². The zero-order chi connectivity index (χ0) is 20.4. The first-order chi connectivity index (χ1) is 15.3. The van der Waals surface area contributed by atoms with E-state index in [1.165, 1.54) is 65.0 Å². The summed E-state index contributed by atoms with van der Waals surface area (Å²) < 4.78 is 0. The number of benzene rings is 6. The molecule has 0 N–H and O–H groups in total. The molecule has 0 unspecified atom stereocenters. The molecule has 1 aliphatic rings. The maximum Gasteiger partial charge on any atom is 0.102 e. The number of fused-ring (bicyclic) bond motifs is 6. The third-order valence-electron chi connectivity index (χ3n) is 6.57. The van der Waals surface area contributed by atoms with Crippen LogP contribution in [0.4, 0.5) is 0 Å². The molecule has 1 heteroatoms. The largest absolute Gasteiger partial charge is 0.102 e.